The third kappa shape index (κ3) is 5.52. The molecule has 2 heterocycles. The lowest BCUT2D eigenvalue weighted by Crippen LogP contribution is -2.42. The first-order valence-corrected chi connectivity index (χ1v) is 10.8. The van der Waals surface area contributed by atoms with Crippen molar-refractivity contribution in [1.82, 2.24) is 15.1 Å². The summed E-state index contributed by atoms with van der Waals surface area (Å²) in [6.45, 7) is 3.50. The van der Waals surface area contributed by atoms with Crippen molar-refractivity contribution < 1.29 is 28.2 Å². The fraction of sp³-hybridized carbons (Fsp3) is 0.292. The number of hydrogen-bond donors (Lipinski definition) is 2. The third-order valence-electron chi connectivity index (χ3n) is 5.17. The smallest absolute Gasteiger partial charge is 0.257 e. The van der Waals surface area contributed by atoms with Gasteiger partial charge in [0.25, 0.3) is 11.8 Å². The number of nitrogens with zero attached hydrogens (tertiary/aromatic N) is 2. The molecule has 2 N–H and O–H groups in total. The van der Waals surface area contributed by atoms with E-state index in [4.69, 9.17) is 14.2 Å². The van der Waals surface area contributed by atoms with Gasteiger partial charge in [0, 0.05) is 49.7 Å². The van der Waals surface area contributed by atoms with Crippen LogP contribution in [0.2, 0.25) is 0 Å². The van der Waals surface area contributed by atoms with E-state index in [2.05, 4.69) is 15.5 Å². The van der Waals surface area contributed by atoms with E-state index in [9.17, 15) is 14.0 Å². The number of rotatable bonds is 9. The molecule has 2 aromatic carbocycles. The molecule has 34 heavy (non-hydrogen) atoms. The number of aromatic amines is 1. The maximum Gasteiger partial charge on any atom is 0.257 e. The summed E-state index contributed by atoms with van der Waals surface area (Å²) in [6, 6.07) is 10.2. The van der Waals surface area contributed by atoms with Gasteiger partial charge in [-0.3, -0.25) is 14.7 Å². The van der Waals surface area contributed by atoms with Crippen LogP contribution in [0.5, 0.6) is 17.2 Å². The molecule has 178 valence electrons. The predicted octanol–water partition coefficient (Wildman–Crippen LogP) is 3.85. The van der Waals surface area contributed by atoms with Crippen molar-refractivity contribution in [2.75, 3.05) is 32.1 Å². The first-order valence-electron chi connectivity index (χ1n) is 10.8. The van der Waals surface area contributed by atoms with Crippen molar-refractivity contribution >= 4 is 17.6 Å². The standard InChI is InChI=1S/C24H25FN4O5/c1-15(14-32-2)33-18-10-17(23(30)27-22-6-7-26-28-22)11-19(13-18)34-21-5-4-16(12-20(21)25)24(31)29-8-3-9-29/h4-7,10-13,15H,3,8-9,14H2,1-2H3,(H2,26,27,28,30). The Bertz CT molecular complexity index is 1160. The number of nitrogens with one attached hydrogen (secondary N) is 2. The van der Waals surface area contributed by atoms with E-state index in [1.807, 2.05) is 6.92 Å². The van der Waals surface area contributed by atoms with Gasteiger partial charge in [0.15, 0.2) is 17.4 Å². The van der Waals surface area contributed by atoms with Crippen LogP contribution in [0.15, 0.2) is 48.7 Å². The Kier molecular flexibility index (Phi) is 7.07. The van der Waals surface area contributed by atoms with Gasteiger partial charge in [0.05, 0.1) is 6.61 Å². The lowest BCUT2D eigenvalue weighted by molar-refractivity contribution is 0.0651. The van der Waals surface area contributed by atoms with Gasteiger partial charge in [0.1, 0.15) is 17.6 Å². The summed E-state index contributed by atoms with van der Waals surface area (Å²) in [7, 11) is 1.56. The topological polar surface area (TPSA) is 106 Å². The van der Waals surface area contributed by atoms with Gasteiger partial charge in [-0.05, 0) is 43.7 Å². The third-order valence-corrected chi connectivity index (χ3v) is 5.17. The minimum absolute atomic E-state index is 0.0825. The fourth-order valence-electron chi connectivity index (χ4n) is 3.39. The van der Waals surface area contributed by atoms with Crippen LogP contribution in [-0.2, 0) is 4.74 Å². The van der Waals surface area contributed by atoms with Gasteiger partial charge < -0.3 is 24.4 Å². The Morgan fingerprint density at radius 1 is 1.15 bits per heavy atom. The van der Waals surface area contributed by atoms with E-state index in [-0.39, 0.29) is 34.6 Å². The molecule has 0 aliphatic carbocycles. The van der Waals surface area contributed by atoms with Crippen LogP contribution in [0.25, 0.3) is 0 Å². The van der Waals surface area contributed by atoms with Crippen molar-refractivity contribution in [3.63, 3.8) is 0 Å². The average molecular weight is 468 g/mol. The number of amides is 2. The predicted molar refractivity (Wildman–Crippen MR) is 122 cm³/mol. The number of halogens is 1. The molecule has 0 radical (unpaired) electrons. The van der Waals surface area contributed by atoms with E-state index in [0.29, 0.717) is 31.3 Å². The molecule has 0 bridgehead atoms. The van der Waals surface area contributed by atoms with E-state index in [1.54, 1.807) is 36.4 Å². The molecule has 3 aromatic rings. The number of H-pyrrole nitrogens is 1. The van der Waals surface area contributed by atoms with Crippen molar-refractivity contribution in [2.45, 2.75) is 19.4 Å². The Morgan fingerprint density at radius 3 is 2.59 bits per heavy atom. The molecular weight excluding hydrogens is 443 g/mol. The molecule has 1 unspecified atom stereocenters. The normalized spacial score (nSPS) is 13.7. The van der Waals surface area contributed by atoms with Crippen LogP contribution in [-0.4, -0.2) is 59.8 Å². The highest BCUT2D eigenvalue weighted by Gasteiger charge is 2.23. The molecule has 1 aliphatic heterocycles. The van der Waals surface area contributed by atoms with Crippen molar-refractivity contribution in [1.29, 1.82) is 0 Å². The Labute approximate surface area is 195 Å². The Balaban J connectivity index is 1.57. The zero-order valence-electron chi connectivity index (χ0n) is 18.8. The number of methoxy groups -OCH3 is 1. The highest BCUT2D eigenvalue weighted by Crippen LogP contribution is 2.31. The number of carbonyl (C=O) groups is 2. The van der Waals surface area contributed by atoms with Crippen molar-refractivity contribution in [3.8, 4) is 17.2 Å². The highest BCUT2D eigenvalue weighted by atomic mass is 19.1. The van der Waals surface area contributed by atoms with Crippen LogP contribution in [0.3, 0.4) is 0 Å². The van der Waals surface area contributed by atoms with Gasteiger partial charge in [-0.1, -0.05) is 0 Å². The second-order valence-electron chi connectivity index (χ2n) is 7.88. The zero-order chi connectivity index (χ0) is 24.1. The lowest BCUT2D eigenvalue weighted by Gasteiger charge is -2.30. The quantitative estimate of drug-likeness (QED) is 0.494. The molecule has 2 amide bonds. The first-order chi connectivity index (χ1) is 16.4. The molecule has 0 spiro atoms. The summed E-state index contributed by atoms with van der Waals surface area (Å²) in [6.07, 6.45) is 2.23. The van der Waals surface area contributed by atoms with Crippen molar-refractivity contribution in [2.24, 2.45) is 0 Å². The molecule has 0 saturated carbocycles. The number of carbonyl (C=O) groups excluding carboxylic acids is 2. The molecule has 1 aliphatic rings. The monoisotopic (exact) mass is 468 g/mol. The van der Waals surface area contributed by atoms with Crippen LogP contribution < -0.4 is 14.8 Å². The summed E-state index contributed by atoms with van der Waals surface area (Å²) in [4.78, 5) is 26.7. The Hall–Kier alpha value is -3.92. The van der Waals surface area contributed by atoms with E-state index in [0.717, 1.165) is 12.5 Å². The van der Waals surface area contributed by atoms with Crippen molar-refractivity contribution in [3.05, 3.63) is 65.6 Å². The molecule has 9 nitrogen and oxygen atoms in total. The number of hydrogen-bond acceptors (Lipinski definition) is 6. The second kappa shape index (κ2) is 10.3. The number of anilines is 1. The number of ether oxygens (including phenoxy) is 3. The highest BCUT2D eigenvalue weighted by molar-refractivity contribution is 6.04. The fourth-order valence-corrected chi connectivity index (χ4v) is 3.39. The molecule has 1 atom stereocenters. The minimum Gasteiger partial charge on any atom is -0.488 e. The van der Waals surface area contributed by atoms with E-state index in [1.165, 1.54) is 18.2 Å². The van der Waals surface area contributed by atoms with Gasteiger partial charge in [-0.15, -0.1) is 0 Å². The number of aromatic nitrogens is 2. The van der Waals surface area contributed by atoms with Gasteiger partial charge in [0.2, 0.25) is 0 Å². The minimum atomic E-state index is -0.687. The van der Waals surface area contributed by atoms with Gasteiger partial charge >= 0.3 is 0 Å². The van der Waals surface area contributed by atoms with E-state index < -0.39 is 11.7 Å². The summed E-state index contributed by atoms with van der Waals surface area (Å²) >= 11 is 0. The average Bonchev–Trinajstić information content (AvgIpc) is 3.27. The van der Waals surface area contributed by atoms with Gasteiger partial charge in [-0.25, -0.2) is 4.39 Å². The summed E-state index contributed by atoms with van der Waals surface area (Å²) in [5, 5.41) is 9.18. The zero-order valence-corrected chi connectivity index (χ0v) is 18.8. The maximum absolute atomic E-state index is 14.8. The molecule has 4 rings (SSSR count). The van der Waals surface area contributed by atoms with Crippen LogP contribution in [0, 0.1) is 5.82 Å². The van der Waals surface area contributed by atoms with E-state index >= 15 is 0 Å². The summed E-state index contributed by atoms with van der Waals surface area (Å²) in [5.41, 5.74) is 0.485. The van der Waals surface area contributed by atoms with Crippen LogP contribution in [0.1, 0.15) is 34.1 Å². The lowest BCUT2D eigenvalue weighted by atomic mass is 10.1. The van der Waals surface area contributed by atoms with Crippen LogP contribution in [0.4, 0.5) is 10.2 Å². The SMILES string of the molecule is COCC(C)Oc1cc(Oc2ccc(C(=O)N3CCC3)cc2F)cc(C(=O)Nc2cc[nH]n2)c1. The molecule has 1 saturated heterocycles. The summed E-state index contributed by atoms with van der Waals surface area (Å²) < 4.78 is 31.4. The summed E-state index contributed by atoms with van der Waals surface area (Å²) in [5.74, 6) is -0.544. The number of likely N-dealkylation sites (tertiary alicyclic amines) is 1. The molecule has 10 heteroatoms. The van der Waals surface area contributed by atoms with Crippen LogP contribution >= 0.6 is 0 Å². The molecule has 1 aromatic heterocycles. The van der Waals surface area contributed by atoms with Gasteiger partial charge in [-0.2, -0.15) is 5.10 Å². The second-order valence-corrected chi connectivity index (χ2v) is 7.88. The molecular formula is C24H25FN4O5. The first kappa shape index (κ1) is 23.2. The number of benzene rings is 2. The molecule has 1 fully saturated rings. The Morgan fingerprint density at radius 2 is 1.94 bits per heavy atom. The largest absolute Gasteiger partial charge is 0.488 e. The maximum atomic E-state index is 14.8.